The number of ether oxygens (including phenoxy) is 1. The van der Waals surface area contributed by atoms with Crippen molar-refractivity contribution in [3.8, 4) is 5.75 Å². The fourth-order valence-electron chi connectivity index (χ4n) is 1.65. The molecule has 1 aromatic heterocycles. The Morgan fingerprint density at radius 2 is 1.76 bits per heavy atom. The molecule has 0 aliphatic rings. The number of nitrogen functional groups attached to an aromatic ring is 2. The second-order valence-corrected chi connectivity index (χ2v) is 7.42. The van der Waals surface area contributed by atoms with Crippen molar-refractivity contribution in [2.24, 2.45) is 0 Å². The van der Waals surface area contributed by atoms with Crippen LogP contribution in [0.15, 0.2) is 18.2 Å². The Labute approximate surface area is 190 Å². The van der Waals surface area contributed by atoms with Crippen molar-refractivity contribution in [1.82, 2.24) is 15.0 Å². The van der Waals surface area contributed by atoms with E-state index in [4.69, 9.17) is 21.3 Å². The third-order valence-electron chi connectivity index (χ3n) is 2.54. The molecule has 1 heterocycles. The van der Waals surface area contributed by atoms with Gasteiger partial charge in [-0.2, -0.15) is 0 Å². The van der Waals surface area contributed by atoms with Gasteiger partial charge in [0.2, 0.25) is 0 Å². The molecule has 2 rings (SSSR count). The minimum atomic E-state index is -5.60. The summed E-state index contributed by atoms with van der Waals surface area (Å²) >= 11 is -5.60. The first-order chi connectivity index (χ1) is 10.8. The van der Waals surface area contributed by atoms with E-state index >= 15 is 0 Å². The van der Waals surface area contributed by atoms with Gasteiger partial charge in [-0.05, 0) is 0 Å². The number of aliphatic hydroxyl groups excluding tert-OH is 1. The maximum atomic E-state index is 11.2. The fourth-order valence-corrected chi connectivity index (χ4v) is 2.80. The number of hydrogen-bond acceptors (Lipinski definition) is 11. The second kappa shape index (κ2) is 10.7. The van der Waals surface area contributed by atoms with Crippen LogP contribution >= 0.6 is 0 Å². The van der Waals surface area contributed by atoms with E-state index in [1.165, 1.54) is 6.07 Å². The van der Waals surface area contributed by atoms with Crippen LogP contribution in [0.4, 0.5) is 23.5 Å². The smallest absolute Gasteiger partial charge is 1.00 e. The number of nitrogens with zero attached hydrogens (tertiary/aromatic N) is 3. The third kappa shape index (κ3) is 7.43. The zero-order valence-electron chi connectivity index (χ0n) is 13.7. The number of anilines is 4. The summed E-state index contributed by atoms with van der Waals surface area (Å²) in [5.41, 5.74) is 11.0. The van der Waals surface area contributed by atoms with Gasteiger partial charge in [0.15, 0.2) is 0 Å². The Kier molecular flexibility index (Phi) is 10.6. The summed E-state index contributed by atoms with van der Waals surface area (Å²) in [5.74, 6) is -0.156. The standard InChI is InChI=1S/C11H15AsN6O5.2Na/c13-9-16-10(14)18-11(17-9)15-7-5-6(12(20,21)22)1-2-8(7)23-4-3-19;;/h1-2,5,19H,3-4H2,(H2,20,21,22)(H5,13,14,15,16,17,18);;/q;2*+1/p-2. The van der Waals surface area contributed by atoms with Gasteiger partial charge in [-0.15, -0.1) is 0 Å². The molecule has 6 N–H and O–H groups in total. The maximum absolute atomic E-state index is 11.2. The number of aromatic nitrogens is 3. The van der Waals surface area contributed by atoms with Crippen molar-refractivity contribution in [2.45, 2.75) is 0 Å². The number of hydrogen-bond donors (Lipinski definition) is 4. The summed E-state index contributed by atoms with van der Waals surface area (Å²) in [4.78, 5) is 11.2. The first-order valence-corrected chi connectivity index (χ1v) is 9.47. The third-order valence-corrected chi connectivity index (χ3v) is 4.46. The van der Waals surface area contributed by atoms with Crippen LogP contribution in [0.2, 0.25) is 0 Å². The van der Waals surface area contributed by atoms with Crippen LogP contribution in [0.1, 0.15) is 0 Å². The van der Waals surface area contributed by atoms with Gasteiger partial charge < -0.3 is 0 Å². The van der Waals surface area contributed by atoms with E-state index in [1.54, 1.807) is 0 Å². The molecule has 2 aromatic rings. The van der Waals surface area contributed by atoms with Crippen molar-refractivity contribution in [2.75, 3.05) is 30.0 Å². The molecular formula is C11H13AsN6Na2O5. The quantitative estimate of drug-likeness (QED) is 0.318. The SMILES string of the molecule is Nc1nc(N)nc(Nc2cc([As](=O)([O-])[O-])ccc2OCCO)n1.[Na+].[Na+]. The predicted octanol–water partition coefficient (Wildman–Crippen LogP) is -9.54. The molecule has 0 fully saturated rings. The van der Waals surface area contributed by atoms with Crippen molar-refractivity contribution < 1.29 is 80.9 Å². The van der Waals surface area contributed by atoms with Gasteiger partial charge in [0.05, 0.1) is 0 Å². The number of aliphatic hydroxyl groups is 1. The minimum absolute atomic E-state index is 0. The maximum Gasteiger partial charge on any atom is 1.00 e. The molecule has 1 aromatic carbocycles. The molecule has 0 atom stereocenters. The van der Waals surface area contributed by atoms with E-state index in [0.717, 1.165) is 12.1 Å². The van der Waals surface area contributed by atoms with Crippen molar-refractivity contribution >= 4 is 42.1 Å². The Hall–Kier alpha value is -0.332. The number of benzene rings is 1. The van der Waals surface area contributed by atoms with Crippen molar-refractivity contribution in [3.05, 3.63) is 18.2 Å². The normalized spacial score (nSPS) is 10.4. The molecule has 0 spiro atoms. The molecule has 0 unspecified atom stereocenters. The summed E-state index contributed by atoms with van der Waals surface area (Å²) in [7, 11) is 0. The molecule has 0 bridgehead atoms. The topological polar surface area (TPSA) is 195 Å². The Morgan fingerprint density at radius 1 is 1.16 bits per heavy atom. The monoisotopic (exact) mass is 430 g/mol. The first-order valence-electron chi connectivity index (χ1n) is 6.24. The van der Waals surface area contributed by atoms with Crippen LogP contribution in [0, 0.1) is 0 Å². The van der Waals surface area contributed by atoms with Crippen LogP contribution in [0.3, 0.4) is 0 Å². The molecule has 0 saturated heterocycles. The summed E-state index contributed by atoms with van der Waals surface area (Å²) in [6.45, 7) is -0.287. The van der Waals surface area contributed by atoms with Gasteiger partial charge in [0, 0.05) is 0 Å². The van der Waals surface area contributed by atoms with Crippen LogP contribution in [0.5, 0.6) is 5.75 Å². The summed E-state index contributed by atoms with van der Waals surface area (Å²) in [6.07, 6.45) is 0. The van der Waals surface area contributed by atoms with E-state index in [-0.39, 0.29) is 102 Å². The molecule has 11 nitrogen and oxygen atoms in total. The van der Waals surface area contributed by atoms with E-state index in [0.29, 0.717) is 0 Å². The second-order valence-electron chi connectivity index (χ2n) is 4.25. The summed E-state index contributed by atoms with van der Waals surface area (Å²) < 4.78 is 38.5. The van der Waals surface area contributed by atoms with Gasteiger partial charge in [-0.3, -0.25) is 0 Å². The average molecular weight is 430 g/mol. The van der Waals surface area contributed by atoms with E-state index in [9.17, 15) is 11.9 Å². The molecule has 0 aliphatic carbocycles. The Morgan fingerprint density at radius 3 is 2.28 bits per heavy atom. The molecule has 0 aliphatic heterocycles. The van der Waals surface area contributed by atoms with Gasteiger partial charge in [0.25, 0.3) is 0 Å². The molecular weight excluding hydrogens is 417 g/mol. The Bertz CT molecular complexity index is 741. The van der Waals surface area contributed by atoms with Crippen LogP contribution in [0.25, 0.3) is 0 Å². The van der Waals surface area contributed by atoms with E-state index in [1.807, 2.05) is 0 Å². The van der Waals surface area contributed by atoms with Crippen LogP contribution in [-0.4, -0.2) is 47.4 Å². The van der Waals surface area contributed by atoms with Crippen LogP contribution < -0.4 is 93.2 Å². The molecule has 25 heavy (non-hydrogen) atoms. The van der Waals surface area contributed by atoms with Gasteiger partial charge >= 0.3 is 192 Å². The first kappa shape index (κ1) is 24.7. The Balaban J connectivity index is 0.00000288. The predicted molar refractivity (Wildman–Crippen MR) is 77.0 cm³/mol. The fraction of sp³-hybridized carbons (Fsp3) is 0.182. The summed E-state index contributed by atoms with van der Waals surface area (Å²) in [6, 6.07) is 3.49. The number of nitrogens with two attached hydrogens (primary N) is 2. The van der Waals surface area contributed by atoms with E-state index in [2.05, 4.69) is 20.3 Å². The largest absolute Gasteiger partial charge is 1.00 e. The molecule has 0 amide bonds. The molecule has 14 heteroatoms. The van der Waals surface area contributed by atoms with Crippen molar-refractivity contribution in [1.29, 1.82) is 0 Å². The zero-order chi connectivity index (χ0) is 17.0. The summed E-state index contributed by atoms with van der Waals surface area (Å²) in [5, 5.41) is 11.5. The average Bonchev–Trinajstić information content (AvgIpc) is 2.43. The van der Waals surface area contributed by atoms with Crippen LogP contribution in [-0.2, 0) is 3.74 Å². The number of nitrogens with one attached hydrogen (secondary N) is 1. The molecule has 124 valence electrons. The van der Waals surface area contributed by atoms with Gasteiger partial charge in [0.1, 0.15) is 0 Å². The van der Waals surface area contributed by atoms with Gasteiger partial charge in [-0.25, -0.2) is 0 Å². The number of rotatable bonds is 6. The zero-order valence-corrected chi connectivity index (χ0v) is 19.5. The van der Waals surface area contributed by atoms with E-state index < -0.39 is 18.5 Å². The van der Waals surface area contributed by atoms with Gasteiger partial charge in [-0.1, -0.05) is 0 Å². The minimum Gasteiger partial charge on any atom is 1.00 e. The molecule has 0 saturated carbocycles. The molecule has 0 radical (unpaired) electrons. The van der Waals surface area contributed by atoms with Crippen molar-refractivity contribution in [3.63, 3.8) is 0 Å².